The van der Waals surface area contributed by atoms with Crippen molar-refractivity contribution in [2.45, 2.75) is 0 Å². The summed E-state index contributed by atoms with van der Waals surface area (Å²) < 4.78 is 0. The van der Waals surface area contributed by atoms with Crippen LogP contribution in [-0.4, -0.2) is 27.1 Å². The summed E-state index contributed by atoms with van der Waals surface area (Å²) in [5.74, 6) is 0. The van der Waals surface area contributed by atoms with E-state index in [-0.39, 0.29) is 0 Å². The van der Waals surface area contributed by atoms with Gasteiger partial charge < -0.3 is 10.0 Å². The molecule has 26 heavy (non-hydrogen) atoms. The molecule has 0 saturated heterocycles. The van der Waals surface area contributed by atoms with Gasteiger partial charge in [-0.1, -0.05) is 48.5 Å². The summed E-state index contributed by atoms with van der Waals surface area (Å²) in [6, 6.07) is 19.3. The third-order valence-corrected chi connectivity index (χ3v) is 5.05. The Morgan fingerprint density at radius 2 is 1.27 bits per heavy atom. The van der Waals surface area contributed by atoms with E-state index in [1.807, 2.05) is 36.4 Å². The lowest BCUT2D eigenvalue weighted by atomic mass is 9.80. The smallest absolute Gasteiger partial charge is 0.423 e. The highest BCUT2D eigenvalue weighted by Crippen LogP contribution is 2.29. The van der Waals surface area contributed by atoms with Crippen LogP contribution >= 0.6 is 11.3 Å². The van der Waals surface area contributed by atoms with Crippen LogP contribution in [0.4, 0.5) is 0 Å². The molecular formula is C20H15BN2O2S. The largest absolute Gasteiger partial charge is 0.488 e. The van der Waals surface area contributed by atoms with Gasteiger partial charge in [0.2, 0.25) is 0 Å². The van der Waals surface area contributed by atoms with Gasteiger partial charge in [0.25, 0.3) is 0 Å². The Morgan fingerprint density at radius 3 is 1.88 bits per heavy atom. The van der Waals surface area contributed by atoms with Gasteiger partial charge in [-0.25, -0.2) is 4.98 Å². The Morgan fingerprint density at radius 1 is 0.692 bits per heavy atom. The second kappa shape index (κ2) is 7.21. The Balaban J connectivity index is 1.57. The Kier molecular flexibility index (Phi) is 4.62. The first kappa shape index (κ1) is 16.7. The highest BCUT2D eigenvalue weighted by Gasteiger charge is 2.10. The molecule has 2 aromatic carbocycles. The molecular weight excluding hydrogens is 343 g/mol. The summed E-state index contributed by atoms with van der Waals surface area (Å²) in [6.45, 7) is 0. The summed E-state index contributed by atoms with van der Waals surface area (Å²) >= 11 is 1.62. The minimum Gasteiger partial charge on any atom is -0.423 e. The van der Waals surface area contributed by atoms with Crippen LogP contribution in [0.2, 0.25) is 0 Å². The molecule has 0 aliphatic rings. The SMILES string of the molecule is OB(O)c1ccc(-c2ccc(-c3csc(-c4ccncc4)n3)cc2)cc1. The van der Waals surface area contributed by atoms with Crippen molar-refractivity contribution in [3.8, 4) is 33.0 Å². The zero-order valence-corrected chi connectivity index (χ0v) is 14.6. The van der Waals surface area contributed by atoms with E-state index >= 15 is 0 Å². The van der Waals surface area contributed by atoms with Crippen LogP contribution in [0.15, 0.2) is 78.4 Å². The Bertz CT molecular complexity index is 1000. The van der Waals surface area contributed by atoms with Crippen molar-refractivity contribution >= 4 is 23.9 Å². The third kappa shape index (κ3) is 3.43. The van der Waals surface area contributed by atoms with E-state index in [1.165, 1.54) is 0 Å². The number of hydrogen-bond acceptors (Lipinski definition) is 5. The molecule has 2 aromatic heterocycles. The molecule has 0 aliphatic carbocycles. The van der Waals surface area contributed by atoms with Crippen LogP contribution in [0.1, 0.15) is 0 Å². The fraction of sp³-hybridized carbons (Fsp3) is 0. The molecule has 2 heterocycles. The molecule has 4 aromatic rings. The van der Waals surface area contributed by atoms with Crippen LogP contribution in [0.25, 0.3) is 33.0 Å². The topological polar surface area (TPSA) is 66.2 Å². The van der Waals surface area contributed by atoms with E-state index in [4.69, 9.17) is 4.98 Å². The van der Waals surface area contributed by atoms with Gasteiger partial charge >= 0.3 is 7.12 Å². The number of benzene rings is 2. The number of nitrogens with zero attached hydrogens (tertiary/aromatic N) is 2. The van der Waals surface area contributed by atoms with E-state index in [0.717, 1.165) is 33.0 Å². The van der Waals surface area contributed by atoms with Crippen molar-refractivity contribution in [1.29, 1.82) is 0 Å². The highest BCUT2D eigenvalue weighted by atomic mass is 32.1. The van der Waals surface area contributed by atoms with Crippen molar-refractivity contribution in [1.82, 2.24) is 9.97 Å². The summed E-state index contributed by atoms with van der Waals surface area (Å²) in [5, 5.41) is 21.4. The van der Waals surface area contributed by atoms with Gasteiger partial charge in [-0.15, -0.1) is 11.3 Å². The van der Waals surface area contributed by atoms with E-state index in [9.17, 15) is 10.0 Å². The predicted octanol–water partition coefficient (Wildman–Crippen LogP) is 3.22. The van der Waals surface area contributed by atoms with E-state index < -0.39 is 7.12 Å². The zero-order chi connectivity index (χ0) is 17.9. The minimum absolute atomic E-state index is 0.483. The van der Waals surface area contributed by atoms with Crippen LogP contribution in [-0.2, 0) is 0 Å². The first-order valence-corrected chi connectivity index (χ1v) is 9.01. The quantitative estimate of drug-likeness (QED) is 0.550. The number of pyridine rings is 1. The van der Waals surface area contributed by atoms with Crippen molar-refractivity contribution in [3.63, 3.8) is 0 Å². The van der Waals surface area contributed by atoms with Gasteiger partial charge in [0, 0.05) is 28.9 Å². The summed E-state index contributed by atoms with van der Waals surface area (Å²) in [5.41, 5.74) is 5.66. The normalized spacial score (nSPS) is 10.7. The van der Waals surface area contributed by atoms with Gasteiger partial charge in [0.15, 0.2) is 0 Å². The first-order valence-electron chi connectivity index (χ1n) is 8.13. The molecule has 0 radical (unpaired) electrons. The van der Waals surface area contributed by atoms with Crippen LogP contribution in [0.5, 0.6) is 0 Å². The molecule has 4 rings (SSSR count). The molecule has 0 unspecified atom stereocenters. The standard InChI is InChI=1S/C20H15BN2O2S/c24-21(25)18-7-5-15(6-8-18)14-1-3-16(4-2-14)19-13-26-20(23-19)17-9-11-22-12-10-17/h1-13,24-25H. The molecule has 0 aliphatic heterocycles. The maximum atomic E-state index is 9.18. The van der Waals surface area contributed by atoms with Crippen LogP contribution < -0.4 is 5.46 Å². The molecule has 0 atom stereocenters. The van der Waals surface area contributed by atoms with Gasteiger partial charge in [0.1, 0.15) is 5.01 Å². The average Bonchev–Trinajstić information content (AvgIpc) is 3.19. The molecule has 4 nitrogen and oxygen atoms in total. The van der Waals surface area contributed by atoms with Crippen molar-refractivity contribution in [2.24, 2.45) is 0 Å². The minimum atomic E-state index is -1.44. The maximum absolute atomic E-state index is 9.18. The van der Waals surface area contributed by atoms with Gasteiger partial charge in [-0.3, -0.25) is 4.98 Å². The van der Waals surface area contributed by atoms with Gasteiger partial charge in [0.05, 0.1) is 5.69 Å². The third-order valence-electron chi connectivity index (χ3n) is 4.15. The van der Waals surface area contributed by atoms with Gasteiger partial charge in [-0.05, 0) is 28.7 Å². The van der Waals surface area contributed by atoms with Crippen LogP contribution in [0, 0.1) is 0 Å². The summed E-state index contributed by atoms with van der Waals surface area (Å²) in [4.78, 5) is 8.76. The van der Waals surface area contributed by atoms with Crippen molar-refractivity contribution in [2.75, 3.05) is 0 Å². The second-order valence-corrected chi connectivity index (χ2v) is 6.70. The average molecular weight is 358 g/mol. The molecule has 0 amide bonds. The lowest BCUT2D eigenvalue weighted by molar-refractivity contribution is 0.426. The first-order chi connectivity index (χ1) is 12.7. The number of hydrogen-bond donors (Lipinski definition) is 2. The number of thiazole rings is 1. The molecule has 126 valence electrons. The molecule has 0 bridgehead atoms. The molecule has 6 heteroatoms. The summed E-state index contributed by atoms with van der Waals surface area (Å²) in [7, 11) is -1.44. The fourth-order valence-electron chi connectivity index (χ4n) is 2.71. The molecule has 2 N–H and O–H groups in total. The predicted molar refractivity (Wildman–Crippen MR) is 106 cm³/mol. The Hall–Kier alpha value is -2.80. The lowest BCUT2D eigenvalue weighted by Crippen LogP contribution is -2.29. The summed E-state index contributed by atoms with van der Waals surface area (Å²) in [6.07, 6.45) is 3.54. The molecule has 0 spiro atoms. The van der Waals surface area contributed by atoms with Crippen molar-refractivity contribution < 1.29 is 10.0 Å². The lowest BCUT2D eigenvalue weighted by Gasteiger charge is -2.05. The monoisotopic (exact) mass is 358 g/mol. The van der Waals surface area contributed by atoms with Crippen LogP contribution in [0.3, 0.4) is 0 Å². The highest BCUT2D eigenvalue weighted by molar-refractivity contribution is 7.13. The van der Waals surface area contributed by atoms with Gasteiger partial charge in [-0.2, -0.15) is 0 Å². The Labute approximate surface area is 155 Å². The zero-order valence-electron chi connectivity index (χ0n) is 13.8. The van der Waals surface area contributed by atoms with E-state index in [1.54, 1.807) is 35.9 Å². The maximum Gasteiger partial charge on any atom is 0.488 e. The van der Waals surface area contributed by atoms with E-state index in [2.05, 4.69) is 22.5 Å². The fourth-order valence-corrected chi connectivity index (χ4v) is 3.55. The van der Waals surface area contributed by atoms with E-state index in [0.29, 0.717) is 5.46 Å². The number of aromatic nitrogens is 2. The second-order valence-electron chi connectivity index (χ2n) is 5.85. The van der Waals surface area contributed by atoms with Crippen molar-refractivity contribution in [3.05, 3.63) is 78.4 Å². The molecule has 0 saturated carbocycles. The molecule has 0 fully saturated rings. The number of rotatable bonds is 4.